The third kappa shape index (κ3) is 4.25. The van der Waals surface area contributed by atoms with Crippen molar-refractivity contribution in [1.82, 2.24) is 5.32 Å². The molecule has 6 heteroatoms. The summed E-state index contributed by atoms with van der Waals surface area (Å²) >= 11 is 0. The fourth-order valence-corrected chi connectivity index (χ4v) is 4.40. The third-order valence-electron chi connectivity index (χ3n) is 4.63. The Morgan fingerprint density at radius 1 is 1.04 bits per heavy atom. The fourth-order valence-electron chi connectivity index (χ4n) is 3.15. The Bertz CT molecular complexity index is 898. The monoisotopic (exact) mass is 373 g/mol. The van der Waals surface area contributed by atoms with Gasteiger partial charge in [-0.05, 0) is 68.1 Å². The van der Waals surface area contributed by atoms with Gasteiger partial charge in [0, 0.05) is 11.6 Å². The lowest BCUT2D eigenvalue weighted by Gasteiger charge is -2.13. The van der Waals surface area contributed by atoms with Gasteiger partial charge in [0.1, 0.15) is 10.6 Å². The average Bonchev–Trinajstić information content (AvgIpc) is 3.10. The highest BCUT2D eigenvalue weighted by Gasteiger charge is 2.21. The van der Waals surface area contributed by atoms with Gasteiger partial charge in [0.05, 0.1) is 0 Å². The molecule has 3 rings (SSSR count). The second kappa shape index (κ2) is 7.50. The van der Waals surface area contributed by atoms with Crippen molar-refractivity contribution in [1.29, 1.82) is 0 Å². The number of nitrogens with one attached hydrogen (secondary N) is 1. The van der Waals surface area contributed by atoms with Crippen LogP contribution < -0.4 is 9.50 Å². The number of rotatable bonds is 5. The fraction of sp³-hybridized carbons (Fsp3) is 0.350. The van der Waals surface area contributed by atoms with Crippen LogP contribution in [-0.2, 0) is 10.1 Å². The largest absolute Gasteiger partial charge is 0.379 e. The summed E-state index contributed by atoms with van der Waals surface area (Å²) in [5, 5.41) is 3.00. The van der Waals surface area contributed by atoms with Gasteiger partial charge in [-0.2, -0.15) is 8.42 Å². The number of carbonyl (C=O) groups is 1. The highest BCUT2D eigenvalue weighted by molar-refractivity contribution is 7.87. The highest BCUT2D eigenvalue weighted by atomic mass is 32.2. The SMILES string of the molecule is Cc1ccc(C)c(S(=O)(=O)Oc2ccc(C(=O)NC3CCCC3)cc2)c1. The van der Waals surface area contributed by atoms with E-state index in [2.05, 4.69) is 5.32 Å². The van der Waals surface area contributed by atoms with E-state index in [1.54, 1.807) is 31.2 Å². The van der Waals surface area contributed by atoms with E-state index in [0.717, 1.165) is 31.2 Å². The second-order valence-electron chi connectivity index (χ2n) is 6.79. The molecule has 1 saturated carbocycles. The molecule has 2 aromatic carbocycles. The van der Waals surface area contributed by atoms with Crippen LogP contribution in [0.5, 0.6) is 5.75 Å². The molecule has 0 atom stereocenters. The molecule has 0 bridgehead atoms. The predicted octanol–water partition coefficient (Wildman–Crippen LogP) is 3.74. The molecule has 2 aromatic rings. The molecule has 0 radical (unpaired) electrons. The van der Waals surface area contributed by atoms with Crippen molar-refractivity contribution < 1.29 is 17.4 Å². The molecule has 0 spiro atoms. The van der Waals surface area contributed by atoms with Crippen LogP contribution in [0.1, 0.15) is 47.2 Å². The number of amides is 1. The summed E-state index contributed by atoms with van der Waals surface area (Å²) in [6, 6.07) is 11.6. The molecule has 26 heavy (non-hydrogen) atoms. The van der Waals surface area contributed by atoms with E-state index in [-0.39, 0.29) is 22.6 Å². The molecule has 0 aliphatic heterocycles. The lowest BCUT2D eigenvalue weighted by atomic mass is 10.2. The summed E-state index contributed by atoms with van der Waals surface area (Å²) in [5.74, 6) is 0.0455. The smallest absolute Gasteiger partial charge is 0.339 e. The highest BCUT2D eigenvalue weighted by Crippen LogP contribution is 2.23. The van der Waals surface area contributed by atoms with Crippen molar-refractivity contribution in [2.75, 3.05) is 0 Å². The molecule has 5 nitrogen and oxygen atoms in total. The first-order valence-electron chi connectivity index (χ1n) is 8.78. The molecule has 1 aliphatic carbocycles. The van der Waals surface area contributed by atoms with Crippen LogP contribution in [0.3, 0.4) is 0 Å². The van der Waals surface area contributed by atoms with Crippen LogP contribution in [-0.4, -0.2) is 20.4 Å². The molecular formula is C20H23NO4S. The van der Waals surface area contributed by atoms with Gasteiger partial charge in [0.2, 0.25) is 0 Å². The van der Waals surface area contributed by atoms with Crippen LogP contribution in [0.2, 0.25) is 0 Å². The molecule has 138 valence electrons. The van der Waals surface area contributed by atoms with Crippen molar-refractivity contribution in [3.63, 3.8) is 0 Å². The third-order valence-corrected chi connectivity index (χ3v) is 6.02. The van der Waals surface area contributed by atoms with Gasteiger partial charge in [-0.3, -0.25) is 4.79 Å². The van der Waals surface area contributed by atoms with Gasteiger partial charge >= 0.3 is 10.1 Å². The molecule has 0 unspecified atom stereocenters. The topological polar surface area (TPSA) is 72.5 Å². The summed E-state index contributed by atoms with van der Waals surface area (Å²) in [6.07, 6.45) is 4.32. The number of benzene rings is 2. The van der Waals surface area contributed by atoms with Crippen LogP contribution in [0, 0.1) is 13.8 Å². The maximum atomic E-state index is 12.5. The van der Waals surface area contributed by atoms with Gasteiger partial charge in [-0.25, -0.2) is 0 Å². The molecule has 1 N–H and O–H groups in total. The van der Waals surface area contributed by atoms with Crippen LogP contribution >= 0.6 is 0 Å². The first kappa shape index (κ1) is 18.5. The first-order chi connectivity index (χ1) is 12.3. The molecular weight excluding hydrogens is 350 g/mol. The maximum absolute atomic E-state index is 12.5. The Morgan fingerprint density at radius 3 is 2.35 bits per heavy atom. The molecule has 1 amide bonds. The number of aryl methyl sites for hydroxylation is 2. The summed E-state index contributed by atoms with van der Waals surface area (Å²) in [7, 11) is -3.92. The number of carbonyl (C=O) groups excluding carboxylic acids is 1. The quantitative estimate of drug-likeness (QED) is 0.810. The van der Waals surface area contributed by atoms with Crippen molar-refractivity contribution in [2.24, 2.45) is 0 Å². The van der Waals surface area contributed by atoms with Crippen LogP contribution in [0.25, 0.3) is 0 Å². The van der Waals surface area contributed by atoms with E-state index in [1.807, 2.05) is 13.0 Å². The van der Waals surface area contributed by atoms with Crippen molar-refractivity contribution in [3.8, 4) is 5.75 Å². The Labute approximate surface area is 154 Å². The Kier molecular flexibility index (Phi) is 5.32. The van der Waals surface area contributed by atoms with Crippen LogP contribution in [0.15, 0.2) is 47.4 Å². The standard InChI is InChI=1S/C20H23NO4S/c1-14-7-8-15(2)19(13-14)26(23,24)25-18-11-9-16(10-12-18)20(22)21-17-5-3-4-6-17/h7-13,17H,3-6H2,1-2H3,(H,21,22). The minimum Gasteiger partial charge on any atom is -0.379 e. The summed E-state index contributed by atoms with van der Waals surface area (Å²) < 4.78 is 30.3. The zero-order chi connectivity index (χ0) is 18.7. The maximum Gasteiger partial charge on any atom is 0.339 e. The summed E-state index contributed by atoms with van der Waals surface area (Å²) in [6.45, 7) is 3.56. The van der Waals surface area contributed by atoms with Crippen molar-refractivity contribution in [2.45, 2.75) is 50.5 Å². The predicted molar refractivity (Wildman–Crippen MR) is 99.9 cm³/mol. The van der Waals surface area contributed by atoms with Gasteiger partial charge < -0.3 is 9.50 Å². The van der Waals surface area contributed by atoms with Crippen LogP contribution in [0.4, 0.5) is 0 Å². The van der Waals surface area contributed by atoms with Crippen molar-refractivity contribution in [3.05, 3.63) is 59.2 Å². The van der Waals surface area contributed by atoms with E-state index >= 15 is 0 Å². The van der Waals surface area contributed by atoms with E-state index in [0.29, 0.717) is 11.1 Å². The number of hydrogen-bond donors (Lipinski definition) is 1. The lowest BCUT2D eigenvalue weighted by molar-refractivity contribution is 0.0938. The average molecular weight is 373 g/mol. The Balaban J connectivity index is 1.72. The number of hydrogen-bond acceptors (Lipinski definition) is 4. The van der Waals surface area contributed by atoms with Gasteiger partial charge in [-0.15, -0.1) is 0 Å². The lowest BCUT2D eigenvalue weighted by Crippen LogP contribution is -2.32. The van der Waals surface area contributed by atoms with E-state index in [9.17, 15) is 13.2 Å². The molecule has 1 aliphatic rings. The Hall–Kier alpha value is -2.34. The molecule has 0 heterocycles. The van der Waals surface area contributed by atoms with E-state index < -0.39 is 10.1 Å². The van der Waals surface area contributed by atoms with Gasteiger partial charge in [0.15, 0.2) is 0 Å². The molecule has 0 aromatic heterocycles. The minimum absolute atomic E-state index is 0.138. The minimum atomic E-state index is -3.92. The summed E-state index contributed by atoms with van der Waals surface area (Å²) in [5.41, 5.74) is 1.97. The summed E-state index contributed by atoms with van der Waals surface area (Å²) in [4.78, 5) is 12.4. The van der Waals surface area contributed by atoms with E-state index in [1.165, 1.54) is 12.1 Å². The second-order valence-corrected chi connectivity index (χ2v) is 8.30. The first-order valence-corrected chi connectivity index (χ1v) is 10.2. The normalized spacial score (nSPS) is 15.0. The van der Waals surface area contributed by atoms with Crippen molar-refractivity contribution >= 4 is 16.0 Å². The zero-order valence-electron chi connectivity index (χ0n) is 15.0. The Morgan fingerprint density at radius 2 is 1.69 bits per heavy atom. The van der Waals surface area contributed by atoms with Gasteiger partial charge in [-0.1, -0.05) is 25.0 Å². The molecule has 1 fully saturated rings. The van der Waals surface area contributed by atoms with E-state index in [4.69, 9.17) is 4.18 Å². The zero-order valence-corrected chi connectivity index (χ0v) is 15.8. The molecule has 0 saturated heterocycles. The van der Waals surface area contributed by atoms with Gasteiger partial charge in [0.25, 0.3) is 5.91 Å².